The molecule has 0 aliphatic rings. The number of ether oxygens (including phenoxy) is 2. The summed E-state index contributed by atoms with van der Waals surface area (Å²) in [6.45, 7) is 0. The average Bonchev–Trinajstić information content (AvgIpc) is 2.42. The first-order valence-electron chi connectivity index (χ1n) is 5.17. The van der Waals surface area contributed by atoms with Crippen LogP contribution in [0.15, 0.2) is 48.5 Å². The molecule has 0 aromatic heterocycles. The van der Waals surface area contributed by atoms with E-state index in [1.807, 2.05) is 30.3 Å². The molecular weight excluding hydrogens is 228 g/mol. The van der Waals surface area contributed by atoms with Gasteiger partial charge in [0.15, 0.2) is 11.5 Å². The van der Waals surface area contributed by atoms with Crippen molar-refractivity contribution in [1.29, 1.82) is 10.5 Å². The highest BCUT2D eigenvalue weighted by Crippen LogP contribution is 2.37. The lowest BCUT2D eigenvalue weighted by Gasteiger charge is -2.09. The molecule has 0 aliphatic heterocycles. The van der Waals surface area contributed by atoms with Crippen LogP contribution >= 0.6 is 0 Å². The van der Waals surface area contributed by atoms with Gasteiger partial charge >= 0.3 is 0 Å². The Morgan fingerprint density at radius 3 is 2.17 bits per heavy atom. The van der Waals surface area contributed by atoms with E-state index >= 15 is 0 Å². The van der Waals surface area contributed by atoms with Crippen LogP contribution in [0, 0.1) is 23.0 Å². The van der Waals surface area contributed by atoms with Gasteiger partial charge in [0.05, 0.1) is 0 Å². The molecule has 0 atom stereocenters. The van der Waals surface area contributed by atoms with Gasteiger partial charge in [0.25, 0.3) is 12.5 Å². The Hall–Kier alpha value is -2.98. The van der Waals surface area contributed by atoms with E-state index in [-0.39, 0.29) is 11.5 Å². The first-order valence-corrected chi connectivity index (χ1v) is 5.17. The van der Waals surface area contributed by atoms with Crippen molar-refractivity contribution >= 4 is 0 Å². The molecule has 86 valence electrons. The summed E-state index contributed by atoms with van der Waals surface area (Å²) in [4.78, 5) is 0. The summed E-state index contributed by atoms with van der Waals surface area (Å²) in [5, 5.41) is 17.2. The van der Waals surface area contributed by atoms with Gasteiger partial charge in [0, 0.05) is 5.56 Å². The minimum Gasteiger partial charge on any atom is -0.384 e. The zero-order valence-corrected chi connectivity index (χ0v) is 9.33. The van der Waals surface area contributed by atoms with Crippen molar-refractivity contribution < 1.29 is 9.47 Å². The number of nitrogens with zero attached hydrogens (tertiary/aromatic N) is 2. The maximum atomic E-state index is 8.67. The number of hydrogen-bond acceptors (Lipinski definition) is 4. The van der Waals surface area contributed by atoms with Gasteiger partial charge in [-0.3, -0.25) is 0 Å². The van der Waals surface area contributed by atoms with Crippen LogP contribution in [0.3, 0.4) is 0 Å². The molecule has 2 aromatic carbocycles. The highest BCUT2D eigenvalue weighted by atomic mass is 16.5. The van der Waals surface area contributed by atoms with Crippen molar-refractivity contribution in [3.8, 4) is 35.1 Å². The summed E-state index contributed by atoms with van der Waals surface area (Å²) >= 11 is 0. The van der Waals surface area contributed by atoms with Gasteiger partial charge in [0.2, 0.25) is 0 Å². The minimum atomic E-state index is 0.223. The van der Waals surface area contributed by atoms with Gasteiger partial charge in [-0.15, -0.1) is 10.5 Å². The molecule has 0 spiro atoms. The van der Waals surface area contributed by atoms with Gasteiger partial charge in [-0.25, -0.2) is 0 Å². The first kappa shape index (κ1) is 11.5. The number of para-hydroxylation sites is 1. The van der Waals surface area contributed by atoms with E-state index in [1.54, 1.807) is 30.7 Å². The van der Waals surface area contributed by atoms with Crippen molar-refractivity contribution in [3.05, 3.63) is 48.5 Å². The van der Waals surface area contributed by atoms with Crippen LogP contribution in [0.1, 0.15) is 0 Å². The highest BCUT2D eigenvalue weighted by Gasteiger charge is 2.13. The summed E-state index contributed by atoms with van der Waals surface area (Å²) in [6, 6.07) is 14.5. The molecule has 0 fully saturated rings. The largest absolute Gasteiger partial charge is 0.384 e. The van der Waals surface area contributed by atoms with E-state index in [9.17, 15) is 0 Å². The van der Waals surface area contributed by atoms with Gasteiger partial charge < -0.3 is 9.47 Å². The molecular formula is C14H8N2O2. The van der Waals surface area contributed by atoms with Crippen molar-refractivity contribution in [2.24, 2.45) is 0 Å². The molecule has 0 saturated carbocycles. The maximum Gasteiger partial charge on any atom is 0.292 e. The summed E-state index contributed by atoms with van der Waals surface area (Å²) in [5.74, 6) is 0.466. The van der Waals surface area contributed by atoms with Gasteiger partial charge in [-0.2, -0.15) is 0 Å². The fourth-order valence-corrected chi connectivity index (χ4v) is 1.64. The average molecular weight is 236 g/mol. The molecule has 2 rings (SSSR count). The molecule has 0 heterocycles. The van der Waals surface area contributed by atoms with Crippen LogP contribution in [0.2, 0.25) is 0 Å². The summed E-state index contributed by atoms with van der Waals surface area (Å²) in [7, 11) is 0. The zero-order valence-electron chi connectivity index (χ0n) is 9.33. The predicted octanol–water partition coefficient (Wildman–Crippen LogP) is 3.07. The molecule has 2 aromatic rings. The van der Waals surface area contributed by atoms with Crippen molar-refractivity contribution in [2.75, 3.05) is 0 Å². The lowest BCUT2D eigenvalue weighted by Crippen LogP contribution is -1.92. The van der Waals surface area contributed by atoms with Crippen LogP contribution in [-0.2, 0) is 0 Å². The number of hydrogen-bond donors (Lipinski definition) is 0. The Morgan fingerprint density at radius 1 is 0.778 bits per heavy atom. The Labute approximate surface area is 104 Å². The van der Waals surface area contributed by atoms with Crippen LogP contribution in [-0.4, -0.2) is 0 Å². The van der Waals surface area contributed by atoms with E-state index in [4.69, 9.17) is 20.0 Å². The molecule has 0 amide bonds. The number of rotatable bonds is 3. The van der Waals surface area contributed by atoms with Crippen LogP contribution in [0.5, 0.6) is 11.5 Å². The van der Waals surface area contributed by atoms with E-state index < -0.39 is 0 Å². The molecule has 0 aliphatic carbocycles. The number of nitriles is 2. The van der Waals surface area contributed by atoms with Gasteiger partial charge in [-0.1, -0.05) is 42.5 Å². The van der Waals surface area contributed by atoms with E-state index in [0.29, 0.717) is 5.56 Å². The molecule has 18 heavy (non-hydrogen) atoms. The van der Waals surface area contributed by atoms with Crippen molar-refractivity contribution in [1.82, 2.24) is 0 Å². The van der Waals surface area contributed by atoms with Gasteiger partial charge in [0.1, 0.15) is 0 Å². The topological polar surface area (TPSA) is 66.0 Å². The van der Waals surface area contributed by atoms with Crippen LogP contribution < -0.4 is 9.47 Å². The predicted molar refractivity (Wildman–Crippen MR) is 64.4 cm³/mol. The Balaban J connectivity index is 2.58. The van der Waals surface area contributed by atoms with Gasteiger partial charge in [-0.05, 0) is 11.6 Å². The highest BCUT2D eigenvalue weighted by molar-refractivity contribution is 5.74. The lowest BCUT2D eigenvalue weighted by atomic mass is 10.0. The molecule has 0 saturated heterocycles. The Bertz CT molecular complexity index is 624. The molecule has 4 nitrogen and oxygen atoms in total. The molecule has 4 heteroatoms. The smallest absolute Gasteiger partial charge is 0.292 e. The quantitative estimate of drug-likeness (QED) is 0.768. The standard InChI is InChI=1S/C14H8N2O2/c15-9-17-13-8-4-7-12(14(13)18-10-16)11-5-2-1-3-6-11/h1-8H. The Kier molecular flexibility index (Phi) is 3.44. The fraction of sp³-hybridized carbons (Fsp3) is 0. The van der Waals surface area contributed by atoms with E-state index in [1.165, 1.54) is 0 Å². The second kappa shape index (κ2) is 5.38. The normalized spacial score (nSPS) is 9.00. The zero-order chi connectivity index (χ0) is 12.8. The monoisotopic (exact) mass is 236 g/mol. The maximum absolute atomic E-state index is 8.67. The van der Waals surface area contributed by atoms with E-state index in [2.05, 4.69) is 0 Å². The summed E-state index contributed by atoms with van der Waals surface area (Å²) in [5.41, 5.74) is 1.58. The fourth-order valence-electron chi connectivity index (χ4n) is 1.64. The summed E-state index contributed by atoms with van der Waals surface area (Å²) in [6.07, 6.45) is 3.18. The van der Waals surface area contributed by atoms with Crippen LogP contribution in [0.4, 0.5) is 0 Å². The third-order valence-electron chi connectivity index (χ3n) is 2.37. The molecule has 0 unspecified atom stereocenters. The minimum absolute atomic E-state index is 0.223. The molecule has 0 N–H and O–H groups in total. The van der Waals surface area contributed by atoms with Crippen molar-refractivity contribution in [2.45, 2.75) is 0 Å². The second-order valence-electron chi connectivity index (χ2n) is 3.39. The first-order chi connectivity index (χ1) is 8.86. The number of benzene rings is 2. The third kappa shape index (κ3) is 2.23. The van der Waals surface area contributed by atoms with E-state index in [0.717, 1.165) is 5.56 Å². The van der Waals surface area contributed by atoms with Crippen molar-refractivity contribution in [3.63, 3.8) is 0 Å². The molecule has 0 radical (unpaired) electrons. The SMILES string of the molecule is N#COc1cccc(-c2ccccc2)c1OC#N. The molecule has 0 bridgehead atoms. The lowest BCUT2D eigenvalue weighted by molar-refractivity contribution is 0.442. The Morgan fingerprint density at radius 2 is 1.50 bits per heavy atom. The second-order valence-corrected chi connectivity index (χ2v) is 3.39. The van der Waals surface area contributed by atoms with Crippen LogP contribution in [0.25, 0.3) is 11.1 Å². The third-order valence-corrected chi connectivity index (χ3v) is 2.37. The summed E-state index contributed by atoms with van der Waals surface area (Å²) < 4.78 is 9.69.